The van der Waals surface area contributed by atoms with Gasteiger partial charge in [-0.3, -0.25) is 0 Å². The molecule has 2 aliphatic heterocycles. The van der Waals surface area contributed by atoms with E-state index >= 15 is 0 Å². The van der Waals surface area contributed by atoms with Gasteiger partial charge in [0.2, 0.25) is 0 Å². The van der Waals surface area contributed by atoms with Crippen molar-refractivity contribution in [3.63, 3.8) is 0 Å². The molecule has 2 N–H and O–H groups in total. The molecule has 0 radical (unpaired) electrons. The highest BCUT2D eigenvalue weighted by atomic mass is 16.3. The Labute approximate surface area is 140 Å². The molecule has 0 aromatic heterocycles. The zero-order chi connectivity index (χ0) is 16.7. The smallest absolute Gasteiger partial charge is 0.317 e. The fourth-order valence-electron chi connectivity index (χ4n) is 3.57. The number of aliphatic hydroxyl groups is 1. The Bertz CT molecular complexity index is 359. The second-order valence-electron chi connectivity index (χ2n) is 7.16. The van der Waals surface area contributed by atoms with E-state index < -0.39 is 0 Å². The van der Waals surface area contributed by atoms with E-state index in [0.29, 0.717) is 12.5 Å². The molecule has 0 unspecified atom stereocenters. The first-order valence-electron chi connectivity index (χ1n) is 9.20. The molecule has 6 nitrogen and oxygen atoms in total. The van der Waals surface area contributed by atoms with Crippen molar-refractivity contribution in [3.05, 3.63) is 0 Å². The molecule has 0 spiro atoms. The molecule has 2 amide bonds. The Hall–Kier alpha value is -0.850. The Morgan fingerprint density at radius 1 is 1.22 bits per heavy atom. The number of carbonyl (C=O) groups excluding carboxylic acids is 1. The number of hydrogen-bond donors (Lipinski definition) is 2. The van der Waals surface area contributed by atoms with Gasteiger partial charge in [0.1, 0.15) is 0 Å². The number of amides is 2. The molecule has 2 heterocycles. The highest BCUT2D eigenvalue weighted by molar-refractivity contribution is 5.74. The van der Waals surface area contributed by atoms with E-state index in [1.165, 1.54) is 0 Å². The van der Waals surface area contributed by atoms with Crippen LogP contribution in [0, 0.1) is 11.8 Å². The summed E-state index contributed by atoms with van der Waals surface area (Å²) in [5.41, 5.74) is 0. The van der Waals surface area contributed by atoms with Crippen molar-refractivity contribution in [1.29, 1.82) is 0 Å². The highest BCUT2D eigenvalue weighted by Gasteiger charge is 2.23. The SMILES string of the molecule is CCN1CCN(C[C@H](C)CNC(=O)N2CCC[C@@H](CO)C2)CC1. The van der Waals surface area contributed by atoms with Crippen LogP contribution in [0.2, 0.25) is 0 Å². The lowest BCUT2D eigenvalue weighted by molar-refractivity contribution is 0.119. The molecule has 2 aliphatic rings. The van der Waals surface area contributed by atoms with Crippen LogP contribution >= 0.6 is 0 Å². The van der Waals surface area contributed by atoms with Crippen LogP contribution in [-0.4, -0.2) is 91.3 Å². The standard InChI is InChI=1S/C17H34N4O2/c1-3-19-7-9-20(10-8-19)12-15(2)11-18-17(23)21-6-4-5-16(13-21)14-22/h15-16,22H,3-14H2,1-2H3,(H,18,23)/t15-,16-/m1/s1. The first kappa shape index (κ1) is 18.5. The van der Waals surface area contributed by atoms with Gasteiger partial charge in [0.05, 0.1) is 0 Å². The topological polar surface area (TPSA) is 59.0 Å². The summed E-state index contributed by atoms with van der Waals surface area (Å²) in [6.07, 6.45) is 2.02. The predicted molar refractivity (Wildman–Crippen MR) is 92.5 cm³/mol. The third-order valence-electron chi connectivity index (χ3n) is 5.15. The average Bonchev–Trinajstić information content (AvgIpc) is 2.60. The number of hydrogen-bond acceptors (Lipinski definition) is 4. The van der Waals surface area contributed by atoms with Crippen molar-refractivity contribution in [3.8, 4) is 0 Å². The summed E-state index contributed by atoms with van der Waals surface area (Å²) in [5.74, 6) is 0.715. The maximum absolute atomic E-state index is 12.3. The summed E-state index contributed by atoms with van der Waals surface area (Å²) in [7, 11) is 0. The Balaban J connectivity index is 1.64. The molecule has 0 aromatic rings. The number of likely N-dealkylation sites (N-methyl/N-ethyl adjacent to an activating group) is 1. The van der Waals surface area contributed by atoms with Gasteiger partial charge < -0.3 is 25.1 Å². The third kappa shape index (κ3) is 5.94. The van der Waals surface area contributed by atoms with Gasteiger partial charge in [0.25, 0.3) is 0 Å². The zero-order valence-corrected chi connectivity index (χ0v) is 14.8. The number of nitrogens with zero attached hydrogens (tertiary/aromatic N) is 3. The van der Waals surface area contributed by atoms with E-state index in [9.17, 15) is 9.90 Å². The number of likely N-dealkylation sites (tertiary alicyclic amines) is 1. The fourth-order valence-corrected chi connectivity index (χ4v) is 3.57. The largest absolute Gasteiger partial charge is 0.396 e. The van der Waals surface area contributed by atoms with Gasteiger partial charge in [0.15, 0.2) is 0 Å². The highest BCUT2D eigenvalue weighted by Crippen LogP contribution is 2.15. The minimum atomic E-state index is 0.0332. The molecule has 134 valence electrons. The molecular weight excluding hydrogens is 292 g/mol. The van der Waals surface area contributed by atoms with Crippen molar-refractivity contribution in [2.24, 2.45) is 11.8 Å². The minimum absolute atomic E-state index is 0.0332. The summed E-state index contributed by atoms with van der Waals surface area (Å²) >= 11 is 0. The molecule has 23 heavy (non-hydrogen) atoms. The van der Waals surface area contributed by atoms with E-state index in [2.05, 4.69) is 29.0 Å². The first-order chi connectivity index (χ1) is 11.1. The van der Waals surface area contributed by atoms with E-state index in [-0.39, 0.29) is 18.6 Å². The molecule has 0 aromatic carbocycles. The maximum Gasteiger partial charge on any atom is 0.317 e. The number of rotatable bonds is 6. The Morgan fingerprint density at radius 2 is 1.91 bits per heavy atom. The number of carbonyl (C=O) groups is 1. The van der Waals surface area contributed by atoms with Crippen LogP contribution < -0.4 is 5.32 Å². The molecular formula is C17H34N4O2. The van der Waals surface area contributed by atoms with Crippen molar-refractivity contribution < 1.29 is 9.90 Å². The molecule has 2 rings (SSSR count). The van der Waals surface area contributed by atoms with Crippen LogP contribution in [0.4, 0.5) is 4.79 Å². The molecule has 0 bridgehead atoms. The first-order valence-corrected chi connectivity index (χ1v) is 9.20. The van der Waals surface area contributed by atoms with Crippen molar-refractivity contribution in [1.82, 2.24) is 20.0 Å². The van der Waals surface area contributed by atoms with Crippen molar-refractivity contribution >= 4 is 6.03 Å². The third-order valence-corrected chi connectivity index (χ3v) is 5.15. The quantitative estimate of drug-likeness (QED) is 0.753. The van der Waals surface area contributed by atoms with Crippen LogP contribution in [0.15, 0.2) is 0 Å². The number of nitrogens with one attached hydrogen (secondary N) is 1. The monoisotopic (exact) mass is 326 g/mol. The minimum Gasteiger partial charge on any atom is -0.396 e. The van der Waals surface area contributed by atoms with Gasteiger partial charge in [-0.05, 0) is 31.2 Å². The lowest BCUT2D eigenvalue weighted by Gasteiger charge is -2.35. The average molecular weight is 326 g/mol. The van der Waals surface area contributed by atoms with Gasteiger partial charge in [-0.2, -0.15) is 0 Å². The summed E-state index contributed by atoms with van der Waals surface area (Å²) in [4.78, 5) is 19.1. The summed E-state index contributed by atoms with van der Waals surface area (Å²) in [6.45, 7) is 13.6. The summed E-state index contributed by atoms with van der Waals surface area (Å²) in [6, 6.07) is 0.0332. The van der Waals surface area contributed by atoms with Crippen molar-refractivity contribution in [2.75, 3.05) is 65.5 Å². The van der Waals surface area contributed by atoms with Crippen LogP contribution in [0.25, 0.3) is 0 Å². The maximum atomic E-state index is 12.3. The van der Waals surface area contributed by atoms with Crippen LogP contribution in [-0.2, 0) is 0 Å². The molecule has 6 heteroatoms. The summed E-state index contributed by atoms with van der Waals surface area (Å²) < 4.78 is 0. The number of piperidine rings is 1. The fraction of sp³-hybridized carbons (Fsp3) is 0.941. The lowest BCUT2D eigenvalue weighted by Crippen LogP contribution is -2.49. The van der Waals surface area contributed by atoms with E-state index in [4.69, 9.17) is 0 Å². The number of aliphatic hydroxyl groups excluding tert-OH is 1. The second-order valence-corrected chi connectivity index (χ2v) is 7.16. The van der Waals surface area contributed by atoms with Crippen LogP contribution in [0.3, 0.4) is 0 Å². The molecule has 2 atom stereocenters. The van der Waals surface area contributed by atoms with Crippen LogP contribution in [0.5, 0.6) is 0 Å². The number of piperazine rings is 1. The van der Waals surface area contributed by atoms with Gasteiger partial charge in [0, 0.05) is 59.0 Å². The van der Waals surface area contributed by atoms with Gasteiger partial charge in [-0.15, -0.1) is 0 Å². The molecule has 0 saturated carbocycles. The summed E-state index contributed by atoms with van der Waals surface area (Å²) in [5, 5.41) is 12.3. The van der Waals surface area contributed by atoms with Crippen LogP contribution in [0.1, 0.15) is 26.7 Å². The Morgan fingerprint density at radius 3 is 2.57 bits per heavy atom. The van der Waals surface area contributed by atoms with E-state index in [0.717, 1.165) is 65.2 Å². The normalized spacial score (nSPS) is 25.3. The lowest BCUT2D eigenvalue weighted by atomic mass is 9.99. The number of urea groups is 1. The molecule has 2 fully saturated rings. The van der Waals surface area contributed by atoms with E-state index in [1.54, 1.807) is 0 Å². The molecule has 0 aliphatic carbocycles. The zero-order valence-electron chi connectivity index (χ0n) is 14.8. The van der Waals surface area contributed by atoms with Crippen molar-refractivity contribution in [2.45, 2.75) is 26.7 Å². The molecule has 2 saturated heterocycles. The van der Waals surface area contributed by atoms with Gasteiger partial charge in [-0.25, -0.2) is 4.79 Å². The predicted octanol–water partition coefficient (Wildman–Crippen LogP) is 0.674. The van der Waals surface area contributed by atoms with Gasteiger partial charge in [-0.1, -0.05) is 13.8 Å². The van der Waals surface area contributed by atoms with E-state index in [1.807, 2.05) is 4.90 Å². The second kappa shape index (κ2) is 9.45. The Kier molecular flexibility index (Phi) is 7.59. The van der Waals surface area contributed by atoms with Gasteiger partial charge >= 0.3 is 6.03 Å².